The van der Waals surface area contributed by atoms with Crippen LogP contribution in [0.25, 0.3) is 10.8 Å². The highest BCUT2D eigenvalue weighted by molar-refractivity contribution is 5.92. The van der Waals surface area contributed by atoms with Crippen molar-refractivity contribution in [3.8, 4) is 0 Å². The first-order chi connectivity index (χ1) is 17.5. The normalized spacial score (nSPS) is 17.1. The second kappa shape index (κ2) is 12.0. The Hall–Kier alpha value is -3.38. The van der Waals surface area contributed by atoms with E-state index in [0.717, 1.165) is 38.0 Å². The monoisotopic (exact) mass is 488 g/mol. The number of unbranched alkanes of at least 4 members (excludes halogenated alkanes) is 1. The van der Waals surface area contributed by atoms with Crippen LogP contribution in [0.4, 0.5) is 5.69 Å². The van der Waals surface area contributed by atoms with Crippen molar-refractivity contribution >= 4 is 28.4 Å². The van der Waals surface area contributed by atoms with E-state index in [4.69, 9.17) is 9.47 Å². The molecule has 1 aliphatic heterocycles. The van der Waals surface area contributed by atoms with Gasteiger partial charge in [0.15, 0.2) is 6.10 Å². The van der Waals surface area contributed by atoms with Crippen LogP contribution < -0.4 is 10.2 Å². The molecule has 1 fully saturated rings. The molecular weight excluding hydrogens is 452 g/mol. The Morgan fingerprint density at radius 2 is 1.81 bits per heavy atom. The third-order valence-electron chi connectivity index (χ3n) is 6.97. The first kappa shape index (κ1) is 25.7. The van der Waals surface area contributed by atoms with Crippen LogP contribution in [-0.4, -0.2) is 44.3 Å². The topological polar surface area (TPSA) is 67.9 Å². The summed E-state index contributed by atoms with van der Waals surface area (Å²) < 4.78 is 10.2. The molecule has 6 heteroatoms. The van der Waals surface area contributed by atoms with Gasteiger partial charge in [-0.25, -0.2) is 9.59 Å². The molecule has 1 heterocycles. The van der Waals surface area contributed by atoms with Crippen molar-refractivity contribution in [3.63, 3.8) is 0 Å². The minimum absolute atomic E-state index is 0.244. The third-order valence-corrected chi connectivity index (χ3v) is 6.97. The lowest BCUT2D eigenvalue weighted by atomic mass is 9.99. The number of hydrogen-bond acceptors (Lipinski definition) is 6. The van der Waals surface area contributed by atoms with Crippen molar-refractivity contribution in [1.82, 2.24) is 5.32 Å². The molecule has 190 valence electrons. The molecule has 0 radical (unpaired) electrons. The molecule has 0 spiro atoms. The van der Waals surface area contributed by atoms with E-state index in [1.807, 2.05) is 19.1 Å². The fourth-order valence-electron chi connectivity index (χ4n) is 4.95. The van der Waals surface area contributed by atoms with E-state index < -0.39 is 18.0 Å². The second-order valence-corrected chi connectivity index (χ2v) is 9.49. The smallest absolute Gasteiger partial charge is 0.347 e. The largest absolute Gasteiger partial charge is 0.466 e. The predicted octanol–water partition coefficient (Wildman–Crippen LogP) is 5.66. The van der Waals surface area contributed by atoms with Crippen molar-refractivity contribution in [2.75, 3.05) is 25.1 Å². The summed E-state index contributed by atoms with van der Waals surface area (Å²) in [6.07, 6.45) is 2.35. The van der Waals surface area contributed by atoms with Crippen LogP contribution in [0.15, 0.2) is 66.7 Å². The molecule has 3 aromatic rings. The third kappa shape index (κ3) is 6.05. The molecule has 0 unspecified atom stereocenters. The summed E-state index contributed by atoms with van der Waals surface area (Å²) in [6, 6.07) is 23.1. The summed E-state index contributed by atoms with van der Waals surface area (Å²) in [6.45, 7) is 6.11. The van der Waals surface area contributed by atoms with Crippen molar-refractivity contribution in [3.05, 3.63) is 77.9 Å². The van der Waals surface area contributed by atoms with E-state index in [-0.39, 0.29) is 6.04 Å². The molecular formula is C30H36N2O4. The van der Waals surface area contributed by atoms with Crippen LogP contribution in [-0.2, 0) is 14.3 Å². The van der Waals surface area contributed by atoms with Gasteiger partial charge in [0, 0.05) is 30.9 Å². The Kier molecular flexibility index (Phi) is 8.60. The fourth-order valence-corrected chi connectivity index (χ4v) is 4.95. The molecule has 1 saturated heterocycles. The van der Waals surface area contributed by atoms with Gasteiger partial charge in [0.1, 0.15) is 0 Å². The summed E-state index contributed by atoms with van der Waals surface area (Å²) in [5.41, 5.74) is 2.82. The van der Waals surface area contributed by atoms with Crippen molar-refractivity contribution in [2.24, 2.45) is 0 Å². The molecule has 0 aliphatic carbocycles. The van der Waals surface area contributed by atoms with Crippen LogP contribution >= 0.6 is 0 Å². The highest BCUT2D eigenvalue weighted by Gasteiger charge is 2.26. The first-order valence-electron chi connectivity index (χ1n) is 12.9. The zero-order chi connectivity index (χ0) is 25.5. The van der Waals surface area contributed by atoms with Gasteiger partial charge in [-0.3, -0.25) is 0 Å². The molecule has 0 aromatic heterocycles. The Morgan fingerprint density at radius 1 is 1.06 bits per heavy atom. The van der Waals surface area contributed by atoms with Crippen LogP contribution in [0.5, 0.6) is 0 Å². The molecule has 6 nitrogen and oxygen atoms in total. The average molecular weight is 489 g/mol. The average Bonchev–Trinajstić information content (AvgIpc) is 3.38. The van der Waals surface area contributed by atoms with E-state index in [9.17, 15) is 9.59 Å². The summed E-state index contributed by atoms with van der Waals surface area (Å²) in [5, 5.41) is 6.37. The number of rotatable bonds is 10. The van der Waals surface area contributed by atoms with Crippen LogP contribution in [0.3, 0.4) is 0 Å². The molecule has 3 aromatic carbocycles. The van der Waals surface area contributed by atoms with Crippen molar-refractivity contribution in [1.29, 1.82) is 0 Å². The zero-order valence-corrected chi connectivity index (χ0v) is 21.4. The van der Waals surface area contributed by atoms with Gasteiger partial charge >= 0.3 is 11.9 Å². The lowest BCUT2D eigenvalue weighted by molar-refractivity contribution is -0.151. The van der Waals surface area contributed by atoms with Crippen molar-refractivity contribution < 1.29 is 19.1 Å². The van der Waals surface area contributed by atoms with Crippen LogP contribution in [0.1, 0.15) is 61.5 Å². The molecule has 36 heavy (non-hydrogen) atoms. The lowest BCUT2D eigenvalue weighted by Gasteiger charge is -2.23. The number of methoxy groups -OCH3 is 1. The van der Waals surface area contributed by atoms with E-state index in [0.29, 0.717) is 18.0 Å². The molecule has 0 saturated carbocycles. The fraction of sp³-hybridized carbons (Fsp3) is 0.400. The number of benzene rings is 3. The minimum Gasteiger partial charge on any atom is -0.466 e. The van der Waals surface area contributed by atoms with Gasteiger partial charge < -0.3 is 19.7 Å². The van der Waals surface area contributed by atoms with Crippen LogP contribution in [0.2, 0.25) is 0 Å². The van der Waals surface area contributed by atoms with Crippen molar-refractivity contribution in [2.45, 2.75) is 57.7 Å². The maximum atomic E-state index is 12.6. The SMILES string of the molecule is CCCC[C@@H](OC(=O)c1ccc(N2CC[C@H](N[C@H](C)c3cccc4ccccc34)C2)cc1)C(=O)OC. The molecule has 1 N–H and O–H groups in total. The molecule has 4 rings (SSSR count). The summed E-state index contributed by atoms with van der Waals surface area (Å²) in [7, 11) is 1.31. The Bertz CT molecular complexity index is 1170. The lowest BCUT2D eigenvalue weighted by Crippen LogP contribution is -2.34. The second-order valence-electron chi connectivity index (χ2n) is 9.49. The number of hydrogen-bond donors (Lipinski definition) is 1. The van der Waals surface area contributed by atoms with Gasteiger partial charge in [0.2, 0.25) is 0 Å². The van der Waals surface area contributed by atoms with Gasteiger partial charge in [-0.15, -0.1) is 0 Å². The number of nitrogens with one attached hydrogen (secondary N) is 1. The summed E-state index contributed by atoms with van der Waals surface area (Å²) >= 11 is 0. The quantitative estimate of drug-likeness (QED) is 0.372. The molecule has 1 aliphatic rings. The molecule has 0 bridgehead atoms. The Balaban J connectivity index is 1.35. The number of esters is 2. The van der Waals surface area contributed by atoms with E-state index >= 15 is 0 Å². The zero-order valence-electron chi connectivity index (χ0n) is 21.4. The van der Waals surface area contributed by atoms with Crippen LogP contribution in [0, 0.1) is 0 Å². The first-order valence-corrected chi connectivity index (χ1v) is 12.9. The standard InChI is InChI=1S/C30H36N2O4/c1-4-5-13-28(30(34)35-3)36-29(33)23-14-16-25(17-15-23)32-19-18-24(20-32)31-21(2)26-12-8-10-22-9-6-7-11-27(22)26/h6-12,14-17,21,24,28,31H,4-5,13,18-20H2,1-3H3/t21-,24+,28-/m1/s1. The Labute approximate surface area is 213 Å². The summed E-state index contributed by atoms with van der Waals surface area (Å²) in [5.74, 6) is -1.01. The van der Waals surface area contributed by atoms with Gasteiger partial charge in [-0.1, -0.05) is 55.8 Å². The summed E-state index contributed by atoms with van der Waals surface area (Å²) in [4.78, 5) is 26.9. The Morgan fingerprint density at radius 3 is 2.56 bits per heavy atom. The number of carbonyl (C=O) groups is 2. The van der Waals surface area contributed by atoms with Gasteiger partial charge in [0.25, 0.3) is 0 Å². The maximum absolute atomic E-state index is 12.6. The van der Waals surface area contributed by atoms with E-state index in [1.165, 1.54) is 23.4 Å². The molecule has 3 atom stereocenters. The number of nitrogens with zero attached hydrogens (tertiary/aromatic N) is 1. The van der Waals surface area contributed by atoms with E-state index in [1.54, 1.807) is 12.1 Å². The van der Waals surface area contributed by atoms with Gasteiger partial charge in [-0.05, 0) is 66.8 Å². The number of fused-ring (bicyclic) bond motifs is 1. The van der Waals surface area contributed by atoms with Gasteiger partial charge in [0.05, 0.1) is 12.7 Å². The highest BCUT2D eigenvalue weighted by atomic mass is 16.6. The minimum atomic E-state index is -0.865. The highest BCUT2D eigenvalue weighted by Crippen LogP contribution is 2.27. The number of ether oxygens (including phenoxy) is 2. The number of anilines is 1. The predicted molar refractivity (Wildman–Crippen MR) is 143 cm³/mol. The molecule has 0 amide bonds. The maximum Gasteiger partial charge on any atom is 0.347 e. The van der Waals surface area contributed by atoms with E-state index in [2.05, 4.69) is 59.6 Å². The number of carbonyl (C=O) groups excluding carboxylic acids is 2. The van der Waals surface area contributed by atoms with Gasteiger partial charge in [-0.2, -0.15) is 0 Å².